The summed E-state index contributed by atoms with van der Waals surface area (Å²) in [7, 11) is 0. The molecule has 0 spiro atoms. The highest BCUT2D eigenvalue weighted by Crippen LogP contribution is 2.30. The molecule has 0 aliphatic heterocycles. The van der Waals surface area contributed by atoms with Crippen molar-refractivity contribution in [1.29, 1.82) is 5.41 Å². The topological polar surface area (TPSA) is 53.1 Å². The molecule has 3 N–H and O–H groups in total. The van der Waals surface area contributed by atoms with Crippen LogP contribution in [-0.2, 0) is 0 Å². The zero-order chi connectivity index (χ0) is 14.7. The van der Waals surface area contributed by atoms with Crippen molar-refractivity contribution in [3.8, 4) is 0 Å². The molecule has 0 aromatic heterocycles. The predicted molar refractivity (Wildman–Crippen MR) is 81.3 cm³/mol. The molecule has 4 heteroatoms. The van der Waals surface area contributed by atoms with E-state index in [1.54, 1.807) is 18.2 Å². The molecule has 0 unspecified atom stereocenters. The summed E-state index contributed by atoms with van der Waals surface area (Å²) in [5.74, 6) is -0.303. The molecule has 0 bridgehead atoms. The maximum atomic E-state index is 14.0. The van der Waals surface area contributed by atoms with Crippen molar-refractivity contribution < 1.29 is 4.39 Å². The molecule has 0 radical (unpaired) electrons. The lowest BCUT2D eigenvalue weighted by Crippen LogP contribution is -2.22. The van der Waals surface area contributed by atoms with E-state index in [1.165, 1.54) is 6.07 Å². The van der Waals surface area contributed by atoms with Gasteiger partial charge in [-0.25, -0.2) is 4.39 Å². The van der Waals surface area contributed by atoms with Crippen LogP contribution in [0.2, 0.25) is 0 Å². The Morgan fingerprint density at radius 2 is 1.90 bits per heavy atom. The zero-order valence-electron chi connectivity index (χ0n) is 11.7. The van der Waals surface area contributed by atoms with E-state index in [2.05, 4.69) is 0 Å². The number of aryl methyl sites for hydroxylation is 1. The zero-order valence-corrected chi connectivity index (χ0v) is 11.7. The van der Waals surface area contributed by atoms with Crippen molar-refractivity contribution in [2.75, 3.05) is 11.4 Å². The number of hydrogen-bond acceptors (Lipinski definition) is 2. The number of benzene rings is 2. The van der Waals surface area contributed by atoms with Gasteiger partial charge in [0.25, 0.3) is 0 Å². The summed E-state index contributed by atoms with van der Waals surface area (Å²) in [6, 6.07) is 12.3. The highest BCUT2D eigenvalue weighted by Gasteiger charge is 2.16. The van der Waals surface area contributed by atoms with E-state index >= 15 is 0 Å². The summed E-state index contributed by atoms with van der Waals surface area (Å²) < 4.78 is 14.0. The number of rotatable bonds is 4. The molecule has 0 saturated carbocycles. The molecule has 2 aromatic rings. The predicted octanol–water partition coefficient (Wildman–Crippen LogP) is 3.58. The van der Waals surface area contributed by atoms with Gasteiger partial charge in [0.15, 0.2) is 0 Å². The Morgan fingerprint density at radius 3 is 2.50 bits per heavy atom. The minimum absolute atomic E-state index is 0.0153. The Balaban J connectivity index is 2.58. The first-order valence-electron chi connectivity index (χ1n) is 6.51. The van der Waals surface area contributed by atoms with Crippen LogP contribution >= 0.6 is 0 Å². The normalized spacial score (nSPS) is 10.3. The summed E-state index contributed by atoms with van der Waals surface area (Å²) in [5.41, 5.74) is 8.53. The molecule has 0 atom stereocenters. The van der Waals surface area contributed by atoms with Crippen LogP contribution in [0.1, 0.15) is 18.1 Å². The molecule has 0 saturated heterocycles. The molecule has 104 valence electrons. The lowest BCUT2D eigenvalue weighted by molar-refractivity contribution is 0.625. The van der Waals surface area contributed by atoms with E-state index in [-0.39, 0.29) is 11.7 Å². The van der Waals surface area contributed by atoms with Crippen molar-refractivity contribution in [1.82, 2.24) is 0 Å². The maximum absolute atomic E-state index is 14.0. The summed E-state index contributed by atoms with van der Waals surface area (Å²) in [6.07, 6.45) is 0. The van der Waals surface area contributed by atoms with Crippen molar-refractivity contribution in [2.45, 2.75) is 13.8 Å². The van der Waals surface area contributed by atoms with Gasteiger partial charge in [-0.3, -0.25) is 5.41 Å². The van der Waals surface area contributed by atoms with Crippen LogP contribution in [0.4, 0.5) is 15.8 Å². The maximum Gasteiger partial charge on any atom is 0.146 e. The second-order valence-corrected chi connectivity index (χ2v) is 4.63. The number of hydrogen-bond donors (Lipinski definition) is 2. The Bertz CT molecular complexity index is 637. The average molecular weight is 271 g/mol. The van der Waals surface area contributed by atoms with E-state index in [0.717, 1.165) is 11.3 Å². The van der Waals surface area contributed by atoms with Gasteiger partial charge in [-0.2, -0.15) is 0 Å². The lowest BCUT2D eigenvalue weighted by Gasteiger charge is -2.26. The minimum atomic E-state index is -0.288. The van der Waals surface area contributed by atoms with Gasteiger partial charge in [0.1, 0.15) is 11.7 Å². The molecule has 0 aliphatic rings. The smallest absolute Gasteiger partial charge is 0.146 e. The lowest BCUT2D eigenvalue weighted by atomic mass is 10.1. The molecule has 0 heterocycles. The van der Waals surface area contributed by atoms with Crippen molar-refractivity contribution >= 4 is 17.2 Å². The second-order valence-electron chi connectivity index (χ2n) is 4.63. The summed E-state index contributed by atoms with van der Waals surface area (Å²) >= 11 is 0. The van der Waals surface area contributed by atoms with E-state index in [1.807, 2.05) is 36.9 Å². The van der Waals surface area contributed by atoms with Crippen molar-refractivity contribution in [3.05, 3.63) is 59.4 Å². The number of nitrogens with one attached hydrogen (secondary N) is 1. The van der Waals surface area contributed by atoms with Crippen LogP contribution in [0.3, 0.4) is 0 Å². The first kappa shape index (κ1) is 14.1. The third-order valence-corrected chi connectivity index (χ3v) is 3.19. The number of anilines is 2. The number of nitrogens with zero attached hydrogens (tertiary/aromatic N) is 1. The van der Waals surface area contributed by atoms with E-state index < -0.39 is 0 Å². The fourth-order valence-corrected chi connectivity index (χ4v) is 2.24. The number of halogens is 1. The van der Waals surface area contributed by atoms with Gasteiger partial charge >= 0.3 is 0 Å². The first-order valence-corrected chi connectivity index (χ1v) is 6.51. The molecule has 2 aromatic carbocycles. The number of para-hydroxylation sites is 1. The third-order valence-electron chi connectivity index (χ3n) is 3.19. The van der Waals surface area contributed by atoms with Crippen LogP contribution < -0.4 is 10.6 Å². The van der Waals surface area contributed by atoms with Crippen LogP contribution in [-0.4, -0.2) is 12.4 Å². The van der Waals surface area contributed by atoms with Gasteiger partial charge in [0, 0.05) is 12.1 Å². The van der Waals surface area contributed by atoms with Gasteiger partial charge < -0.3 is 10.6 Å². The number of nitrogens with two attached hydrogens (primary N) is 1. The van der Waals surface area contributed by atoms with Gasteiger partial charge in [0.05, 0.1) is 11.4 Å². The Labute approximate surface area is 118 Å². The standard InChI is InChI=1S/C16H18FN3/c1-3-20(15-7-5-4-6-13(15)17)14-9-8-11(2)10-12(14)16(18)19/h4-10H,3H2,1-2H3,(H3,18,19). The van der Waals surface area contributed by atoms with Crippen LogP contribution in [0.5, 0.6) is 0 Å². The van der Waals surface area contributed by atoms with Crippen LogP contribution in [0.25, 0.3) is 0 Å². The van der Waals surface area contributed by atoms with Gasteiger partial charge in [-0.1, -0.05) is 23.8 Å². The monoisotopic (exact) mass is 271 g/mol. The van der Waals surface area contributed by atoms with Crippen molar-refractivity contribution in [2.24, 2.45) is 5.73 Å². The summed E-state index contributed by atoms with van der Waals surface area (Å²) in [4.78, 5) is 1.82. The highest BCUT2D eigenvalue weighted by atomic mass is 19.1. The van der Waals surface area contributed by atoms with E-state index in [0.29, 0.717) is 17.8 Å². The average Bonchev–Trinajstić information content (AvgIpc) is 2.42. The van der Waals surface area contributed by atoms with E-state index in [9.17, 15) is 4.39 Å². The second kappa shape index (κ2) is 5.74. The number of nitrogen functional groups attached to an aromatic ring is 1. The largest absolute Gasteiger partial charge is 0.384 e. The molecule has 0 fully saturated rings. The first-order chi connectivity index (χ1) is 9.54. The summed E-state index contributed by atoms with van der Waals surface area (Å²) in [5, 5.41) is 7.71. The molecule has 20 heavy (non-hydrogen) atoms. The van der Waals surface area contributed by atoms with Crippen LogP contribution in [0, 0.1) is 18.2 Å². The van der Waals surface area contributed by atoms with Gasteiger partial charge in [-0.15, -0.1) is 0 Å². The molecule has 2 rings (SSSR count). The Kier molecular flexibility index (Phi) is 4.03. The molecule has 3 nitrogen and oxygen atoms in total. The highest BCUT2D eigenvalue weighted by molar-refractivity contribution is 6.01. The van der Waals surface area contributed by atoms with Gasteiger partial charge in [-0.05, 0) is 38.1 Å². The Hall–Kier alpha value is -2.36. The SMILES string of the molecule is CCN(c1ccccc1F)c1ccc(C)cc1C(=N)N. The molecule has 0 aliphatic carbocycles. The molecular formula is C16H18FN3. The summed E-state index contributed by atoms with van der Waals surface area (Å²) in [6.45, 7) is 4.47. The Morgan fingerprint density at radius 1 is 1.20 bits per heavy atom. The number of amidine groups is 1. The molecular weight excluding hydrogens is 253 g/mol. The van der Waals surface area contributed by atoms with Crippen molar-refractivity contribution in [3.63, 3.8) is 0 Å². The fourth-order valence-electron chi connectivity index (χ4n) is 2.24. The molecule has 0 amide bonds. The minimum Gasteiger partial charge on any atom is -0.384 e. The van der Waals surface area contributed by atoms with E-state index in [4.69, 9.17) is 11.1 Å². The fraction of sp³-hybridized carbons (Fsp3) is 0.188. The quantitative estimate of drug-likeness (QED) is 0.659. The third kappa shape index (κ3) is 2.64. The van der Waals surface area contributed by atoms with Crippen LogP contribution in [0.15, 0.2) is 42.5 Å². The van der Waals surface area contributed by atoms with Gasteiger partial charge in [0.2, 0.25) is 0 Å².